The molecule has 0 atom stereocenters. The molecule has 5 aromatic carbocycles. The van der Waals surface area contributed by atoms with Crippen molar-refractivity contribution in [1.82, 2.24) is 24.5 Å². The van der Waals surface area contributed by atoms with Crippen LogP contribution in [0.25, 0.3) is 39.3 Å². The minimum absolute atomic E-state index is 0.131. The van der Waals surface area contributed by atoms with Crippen molar-refractivity contribution in [1.29, 1.82) is 0 Å². The Kier molecular flexibility index (Phi) is 9.19. The Balaban J connectivity index is 1.31. The van der Waals surface area contributed by atoms with E-state index in [1.54, 1.807) is 12.1 Å². The summed E-state index contributed by atoms with van der Waals surface area (Å²) in [6, 6.07) is 49.2. The van der Waals surface area contributed by atoms with E-state index >= 15 is 0 Å². The van der Waals surface area contributed by atoms with Gasteiger partial charge < -0.3 is 11.1 Å². The highest BCUT2D eigenvalue weighted by molar-refractivity contribution is 5.94. The molecular weight excluding hydrogens is 660 g/mol. The number of hydrogen-bond donors (Lipinski definition) is 2. The van der Waals surface area contributed by atoms with Crippen LogP contribution in [0.1, 0.15) is 33.5 Å². The van der Waals surface area contributed by atoms with Crippen LogP contribution < -0.4 is 11.1 Å². The monoisotopic (exact) mass is 696 g/mol. The van der Waals surface area contributed by atoms with Crippen LogP contribution in [0.3, 0.4) is 0 Å². The third-order valence-electron chi connectivity index (χ3n) is 9.68. The summed E-state index contributed by atoms with van der Waals surface area (Å²) < 4.78 is 18.4. The number of benzene rings is 5. The van der Waals surface area contributed by atoms with Gasteiger partial charge in [-0.05, 0) is 78.2 Å². The van der Waals surface area contributed by atoms with Crippen LogP contribution in [0, 0.1) is 5.82 Å². The summed E-state index contributed by atoms with van der Waals surface area (Å²) in [5.41, 5.74) is 14.3. The molecule has 0 radical (unpaired) electrons. The number of fused-ring (bicyclic) bond motifs is 1. The molecule has 0 bridgehead atoms. The number of halogens is 1. The van der Waals surface area contributed by atoms with E-state index in [4.69, 9.17) is 15.8 Å². The highest BCUT2D eigenvalue weighted by Gasteiger charge is 2.40. The standard InChI is InChI=1S/C45H37FN6O/c46-39-24-21-33(22-25-39)43-40(35-23-26-42-49-29-41(51(42)30-35)32-17-19-34(20-18-32)44(53)48-28-10-27-47)31-52(50-43)45(36-11-4-1-5-12-36,37-13-6-2-7-14-37)38-15-8-3-9-16-38/h1-9,11-26,29-31H,10,27-28,47H2,(H,48,53). The van der Waals surface area contributed by atoms with E-state index in [2.05, 4.69) is 99.6 Å². The zero-order valence-electron chi connectivity index (χ0n) is 28.9. The van der Waals surface area contributed by atoms with Crippen LogP contribution in [-0.2, 0) is 5.54 Å². The van der Waals surface area contributed by atoms with Gasteiger partial charge in [0, 0.05) is 46.8 Å². The summed E-state index contributed by atoms with van der Waals surface area (Å²) in [6.07, 6.45) is 6.72. The lowest BCUT2D eigenvalue weighted by molar-refractivity contribution is 0.0953. The van der Waals surface area contributed by atoms with Crippen molar-refractivity contribution < 1.29 is 9.18 Å². The van der Waals surface area contributed by atoms with Crippen molar-refractivity contribution in [2.75, 3.05) is 13.1 Å². The lowest BCUT2D eigenvalue weighted by Crippen LogP contribution is -2.38. The first-order valence-electron chi connectivity index (χ1n) is 17.6. The second kappa shape index (κ2) is 14.5. The second-order valence-corrected chi connectivity index (χ2v) is 12.9. The Bertz CT molecular complexity index is 2380. The lowest BCUT2D eigenvalue weighted by Gasteiger charge is -2.36. The Hall–Kier alpha value is -6.64. The Morgan fingerprint density at radius 2 is 1.25 bits per heavy atom. The molecule has 0 aliphatic heterocycles. The molecule has 0 saturated heterocycles. The molecule has 3 aromatic heterocycles. The van der Waals surface area contributed by atoms with Gasteiger partial charge in [0.25, 0.3) is 5.91 Å². The van der Waals surface area contributed by atoms with Crippen molar-refractivity contribution in [3.63, 3.8) is 0 Å². The molecule has 0 fully saturated rings. The average Bonchev–Trinajstić information content (AvgIpc) is 3.85. The van der Waals surface area contributed by atoms with Gasteiger partial charge in [-0.3, -0.25) is 13.9 Å². The van der Waals surface area contributed by atoms with Crippen LogP contribution >= 0.6 is 0 Å². The molecule has 8 rings (SSSR count). The van der Waals surface area contributed by atoms with Crippen LogP contribution in [-0.4, -0.2) is 38.2 Å². The first kappa shape index (κ1) is 33.5. The molecule has 0 spiro atoms. The SMILES string of the molecule is NCCCNC(=O)c1ccc(-c2cnc3ccc(-c4cn(C(c5ccccc5)(c5ccccc5)c5ccccc5)nc4-c4ccc(F)cc4)cn23)cc1. The first-order chi connectivity index (χ1) is 26.1. The number of nitrogens with one attached hydrogen (secondary N) is 1. The zero-order valence-corrected chi connectivity index (χ0v) is 28.9. The van der Waals surface area contributed by atoms with Crippen molar-refractivity contribution in [2.24, 2.45) is 5.73 Å². The Morgan fingerprint density at radius 3 is 1.83 bits per heavy atom. The minimum Gasteiger partial charge on any atom is -0.352 e. The molecule has 7 nitrogen and oxygen atoms in total. The number of carbonyl (C=O) groups is 1. The van der Waals surface area contributed by atoms with Gasteiger partial charge in [-0.15, -0.1) is 0 Å². The van der Waals surface area contributed by atoms with Crippen LogP contribution in [0.5, 0.6) is 0 Å². The fraction of sp³-hybridized carbons (Fsp3) is 0.0889. The first-order valence-corrected chi connectivity index (χ1v) is 17.6. The Morgan fingerprint density at radius 1 is 0.679 bits per heavy atom. The van der Waals surface area contributed by atoms with E-state index in [0.29, 0.717) is 24.3 Å². The summed E-state index contributed by atoms with van der Waals surface area (Å²) in [6.45, 7) is 1.06. The fourth-order valence-corrected chi connectivity index (χ4v) is 7.06. The Labute approximate surface area is 307 Å². The van der Waals surface area contributed by atoms with E-state index in [1.165, 1.54) is 12.1 Å². The maximum atomic E-state index is 14.3. The second-order valence-electron chi connectivity index (χ2n) is 12.9. The molecular formula is C45H37FN6O. The normalized spacial score (nSPS) is 11.5. The van der Waals surface area contributed by atoms with Crippen LogP contribution in [0.4, 0.5) is 4.39 Å². The number of aromatic nitrogens is 4. The van der Waals surface area contributed by atoms with Crippen molar-refractivity contribution in [3.8, 4) is 33.6 Å². The number of amides is 1. The third kappa shape index (κ3) is 6.30. The molecule has 3 N–H and O–H groups in total. The van der Waals surface area contributed by atoms with Crippen molar-refractivity contribution in [2.45, 2.75) is 12.0 Å². The highest BCUT2D eigenvalue weighted by atomic mass is 19.1. The van der Waals surface area contributed by atoms with Crippen LogP contribution in [0.2, 0.25) is 0 Å². The molecule has 0 aliphatic carbocycles. The summed E-state index contributed by atoms with van der Waals surface area (Å²) in [5.74, 6) is -0.446. The van der Waals surface area contributed by atoms with Crippen molar-refractivity contribution >= 4 is 11.6 Å². The molecule has 8 aromatic rings. The lowest BCUT2D eigenvalue weighted by atomic mass is 9.77. The maximum Gasteiger partial charge on any atom is 0.251 e. The van der Waals surface area contributed by atoms with Gasteiger partial charge in [-0.1, -0.05) is 103 Å². The van der Waals surface area contributed by atoms with Gasteiger partial charge >= 0.3 is 0 Å². The average molecular weight is 697 g/mol. The van der Waals surface area contributed by atoms with Gasteiger partial charge in [0.15, 0.2) is 0 Å². The van der Waals surface area contributed by atoms with E-state index in [9.17, 15) is 9.18 Å². The number of rotatable bonds is 11. The predicted molar refractivity (Wildman–Crippen MR) is 208 cm³/mol. The number of carbonyl (C=O) groups excluding carboxylic acids is 1. The molecule has 260 valence electrons. The van der Waals surface area contributed by atoms with Gasteiger partial charge in [-0.2, -0.15) is 5.10 Å². The van der Waals surface area contributed by atoms with Gasteiger partial charge in [-0.25, -0.2) is 9.37 Å². The van der Waals surface area contributed by atoms with Gasteiger partial charge in [0.2, 0.25) is 0 Å². The number of hydrogen-bond acceptors (Lipinski definition) is 4. The van der Waals surface area contributed by atoms with Gasteiger partial charge in [0.05, 0.1) is 11.9 Å². The fourth-order valence-electron chi connectivity index (χ4n) is 7.06. The summed E-state index contributed by atoms with van der Waals surface area (Å²) in [5, 5.41) is 8.32. The van der Waals surface area contributed by atoms with Crippen LogP contribution in [0.15, 0.2) is 170 Å². The molecule has 3 heterocycles. The molecule has 8 heteroatoms. The molecule has 1 amide bonds. The molecule has 0 unspecified atom stereocenters. The topological polar surface area (TPSA) is 90.2 Å². The molecule has 53 heavy (non-hydrogen) atoms. The van der Waals surface area contributed by atoms with E-state index in [0.717, 1.165) is 56.7 Å². The molecule has 0 saturated carbocycles. The summed E-state index contributed by atoms with van der Waals surface area (Å²) >= 11 is 0. The van der Waals surface area contributed by atoms with E-state index in [1.807, 2.05) is 60.8 Å². The largest absolute Gasteiger partial charge is 0.352 e. The highest BCUT2D eigenvalue weighted by Crippen LogP contribution is 2.43. The number of nitrogens with two attached hydrogens (primary N) is 1. The number of pyridine rings is 1. The maximum absolute atomic E-state index is 14.3. The number of imidazole rings is 1. The predicted octanol–water partition coefficient (Wildman–Crippen LogP) is 8.59. The summed E-state index contributed by atoms with van der Waals surface area (Å²) in [4.78, 5) is 17.3. The van der Waals surface area contributed by atoms with E-state index < -0.39 is 5.54 Å². The minimum atomic E-state index is -0.848. The number of nitrogens with zero attached hydrogens (tertiary/aromatic N) is 4. The smallest absolute Gasteiger partial charge is 0.251 e. The molecule has 0 aliphatic rings. The van der Waals surface area contributed by atoms with Crippen molar-refractivity contribution in [3.05, 3.63) is 198 Å². The van der Waals surface area contributed by atoms with Gasteiger partial charge in [0.1, 0.15) is 22.7 Å². The third-order valence-corrected chi connectivity index (χ3v) is 9.68. The quantitative estimate of drug-likeness (QED) is 0.105. The van der Waals surface area contributed by atoms with E-state index in [-0.39, 0.29) is 11.7 Å². The zero-order chi connectivity index (χ0) is 36.2. The summed E-state index contributed by atoms with van der Waals surface area (Å²) in [7, 11) is 0.